The third-order valence-electron chi connectivity index (χ3n) is 4.19. The van der Waals surface area contributed by atoms with Gasteiger partial charge >= 0.3 is 0 Å². The molecular weight excluding hydrogens is 320 g/mol. The highest BCUT2D eigenvalue weighted by atomic mass is 35.5. The van der Waals surface area contributed by atoms with Gasteiger partial charge in [-0.1, -0.05) is 54.6 Å². The van der Waals surface area contributed by atoms with Crippen LogP contribution in [0.5, 0.6) is 0 Å². The Kier molecular flexibility index (Phi) is 4.72. The second-order valence-corrected chi connectivity index (χ2v) is 6.26. The van der Waals surface area contributed by atoms with E-state index in [0.29, 0.717) is 5.02 Å². The SMILES string of the molecule is C=C1C(CCc2ccccc2)=C(CC(N)=O)Nc2cccc(Cl)c21. The van der Waals surface area contributed by atoms with Crippen LogP contribution in [0.3, 0.4) is 0 Å². The van der Waals surface area contributed by atoms with Crippen LogP contribution in [0.1, 0.15) is 24.0 Å². The van der Waals surface area contributed by atoms with Gasteiger partial charge in [-0.3, -0.25) is 4.79 Å². The quantitative estimate of drug-likeness (QED) is 0.840. The van der Waals surface area contributed by atoms with Crippen LogP contribution >= 0.6 is 11.6 Å². The number of fused-ring (bicyclic) bond motifs is 1. The zero-order valence-electron chi connectivity index (χ0n) is 13.3. The van der Waals surface area contributed by atoms with Crippen molar-refractivity contribution in [2.24, 2.45) is 5.73 Å². The van der Waals surface area contributed by atoms with E-state index in [4.69, 9.17) is 17.3 Å². The van der Waals surface area contributed by atoms with Crippen molar-refractivity contribution in [1.82, 2.24) is 0 Å². The Hall–Kier alpha value is -2.52. The van der Waals surface area contributed by atoms with E-state index in [1.165, 1.54) is 5.56 Å². The van der Waals surface area contributed by atoms with Crippen LogP contribution in [0.4, 0.5) is 5.69 Å². The maximum atomic E-state index is 11.5. The van der Waals surface area contributed by atoms with Crippen molar-refractivity contribution in [1.29, 1.82) is 0 Å². The lowest BCUT2D eigenvalue weighted by atomic mass is 9.88. The van der Waals surface area contributed by atoms with Gasteiger partial charge in [-0.15, -0.1) is 0 Å². The summed E-state index contributed by atoms with van der Waals surface area (Å²) >= 11 is 6.36. The maximum absolute atomic E-state index is 11.5. The Bertz CT molecular complexity index is 825. The highest BCUT2D eigenvalue weighted by Gasteiger charge is 2.23. The molecule has 122 valence electrons. The second kappa shape index (κ2) is 6.93. The lowest BCUT2D eigenvalue weighted by Gasteiger charge is -2.27. The Labute approximate surface area is 146 Å². The minimum atomic E-state index is -0.368. The number of carbonyl (C=O) groups is 1. The molecule has 2 aromatic carbocycles. The topological polar surface area (TPSA) is 55.1 Å². The van der Waals surface area contributed by atoms with Gasteiger partial charge in [0.2, 0.25) is 5.91 Å². The number of anilines is 1. The molecule has 1 aliphatic rings. The molecule has 3 N–H and O–H groups in total. The number of halogens is 1. The molecule has 0 bridgehead atoms. The zero-order chi connectivity index (χ0) is 17.1. The van der Waals surface area contributed by atoms with Gasteiger partial charge < -0.3 is 11.1 Å². The van der Waals surface area contributed by atoms with E-state index in [2.05, 4.69) is 24.0 Å². The average molecular weight is 339 g/mol. The fraction of sp³-hybridized carbons (Fsp3) is 0.150. The first kappa shape index (κ1) is 16.3. The summed E-state index contributed by atoms with van der Waals surface area (Å²) in [6, 6.07) is 15.9. The third kappa shape index (κ3) is 3.36. The van der Waals surface area contributed by atoms with Crippen LogP contribution in [0.2, 0.25) is 5.02 Å². The number of primary amides is 1. The van der Waals surface area contributed by atoms with Crippen LogP contribution in [0.15, 0.2) is 66.4 Å². The molecule has 0 atom stereocenters. The predicted molar refractivity (Wildman–Crippen MR) is 99.7 cm³/mol. The summed E-state index contributed by atoms with van der Waals surface area (Å²) in [5.41, 5.74) is 11.1. The molecule has 0 radical (unpaired) electrons. The van der Waals surface area contributed by atoms with Gasteiger partial charge in [0.05, 0.1) is 11.4 Å². The van der Waals surface area contributed by atoms with Gasteiger partial charge in [-0.05, 0) is 41.7 Å². The van der Waals surface area contributed by atoms with Crippen molar-refractivity contribution in [3.05, 3.63) is 82.5 Å². The summed E-state index contributed by atoms with van der Waals surface area (Å²) in [5, 5.41) is 3.97. The number of hydrogen-bond donors (Lipinski definition) is 2. The van der Waals surface area contributed by atoms with Gasteiger partial charge in [0.1, 0.15) is 0 Å². The van der Waals surface area contributed by atoms with Crippen LogP contribution in [-0.4, -0.2) is 5.91 Å². The number of nitrogens with two attached hydrogens (primary N) is 1. The van der Waals surface area contributed by atoms with E-state index in [0.717, 1.165) is 40.9 Å². The molecule has 3 nitrogen and oxygen atoms in total. The molecule has 1 amide bonds. The van der Waals surface area contributed by atoms with Crippen LogP contribution in [0.25, 0.3) is 5.57 Å². The molecule has 1 heterocycles. The number of rotatable bonds is 5. The average Bonchev–Trinajstić information content (AvgIpc) is 2.55. The van der Waals surface area contributed by atoms with Crippen LogP contribution in [-0.2, 0) is 11.2 Å². The molecule has 0 saturated carbocycles. The van der Waals surface area contributed by atoms with Crippen molar-refractivity contribution in [2.45, 2.75) is 19.3 Å². The fourth-order valence-electron chi connectivity index (χ4n) is 3.05. The lowest BCUT2D eigenvalue weighted by Crippen LogP contribution is -2.20. The smallest absolute Gasteiger partial charge is 0.223 e. The fourth-order valence-corrected chi connectivity index (χ4v) is 3.34. The minimum absolute atomic E-state index is 0.162. The standard InChI is InChI=1S/C20H19ClN2O/c1-13-15(11-10-14-6-3-2-4-7-14)18(12-19(22)24)23-17-9-5-8-16(21)20(13)17/h2-9,23H,1,10-12H2,(H2,22,24). The first-order valence-corrected chi connectivity index (χ1v) is 8.23. The number of hydrogen-bond acceptors (Lipinski definition) is 2. The number of nitrogens with one attached hydrogen (secondary N) is 1. The second-order valence-electron chi connectivity index (χ2n) is 5.85. The van der Waals surface area contributed by atoms with Crippen molar-refractivity contribution >= 4 is 28.8 Å². The zero-order valence-corrected chi connectivity index (χ0v) is 14.1. The van der Waals surface area contributed by atoms with E-state index in [1.54, 1.807) is 0 Å². The highest BCUT2D eigenvalue weighted by molar-refractivity contribution is 6.33. The summed E-state index contributed by atoms with van der Waals surface area (Å²) in [6.45, 7) is 4.23. The molecule has 1 aliphatic heterocycles. The van der Waals surface area contributed by atoms with Gasteiger partial charge in [0, 0.05) is 16.9 Å². The largest absolute Gasteiger partial charge is 0.369 e. The molecule has 24 heavy (non-hydrogen) atoms. The van der Waals surface area contributed by atoms with E-state index < -0.39 is 0 Å². The molecule has 0 unspecified atom stereocenters. The van der Waals surface area contributed by atoms with E-state index in [1.807, 2.05) is 36.4 Å². The molecule has 4 heteroatoms. The molecule has 0 saturated heterocycles. The van der Waals surface area contributed by atoms with Gasteiger partial charge in [0.15, 0.2) is 0 Å². The molecule has 0 fully saturated rings. The summed E-state index contributed by atoms with van der Waals surface area (Å²) in [4.78, 5) is 11.5. The number of benzene rings is 2. The monoisotopic (exact) mass is 338 g/mol. The van der Waals surface area contributed by atoms with Gasteiger partial charge in [-0.2, -0.15) is 0 Å². The summed E-state index contributed by atoms with van der Waals surface area (Å²) in [5.74, 6) is -0.368. The number of carbonyl (C=O) groups excluding carboxylic acids is 1. The number of aryl methyl sites for hydroxylation is 1. The van der Waals surface area contributed by atoms with Gasteiger partial charge in [0.25, 0.3) is 0 Å². The van der Waals surface area contributed by atoms with E-state index in [-0.39, 0.29) is 12.3 Å². The predicted octanol–water partition coefficient (Wildman–Crippen LogP) is 4.54. The Morgan fingerprint density at radius 1 is 1.08 bits per heavy atom. The molecule has 0 spiro atoms. The first-order valence-electron chi connectivity index (χ1n) is 7.85. The van der Waals surface area contributed by atoms with Crippen molar-refractivity contribution < 1.29 is 4.79 Å². The minimum Gasteiger partial charge on any atom is -0.369 e. The molecule has 0 aliphatic carbocycles. The normalized spacial score (nSPS) is 13.5. The lowest BCUT2D eigenvalue weighted by molar-refractivity contribution is -0.117. The number of amides is 1. The Morgan fingerprint density at radius 2 is 1.83 bits per heavy atom. The number of allylic oxidation sites excluding steroid dienone is 2. The van der Waals surface area contributed by atoms with Gasteiger partial charge in [-0.25, -0.2) is 0 Å². The summed E-state index contributed by atoms with van der Waals surface area (Å²) < 4.78 is 0. The summed E-state index contributed by atoms with van der Waals surface area (Å²) in [7, 11) is 0. The highest BCUT2D eigenvalue weighted by Crippen LogP contribution is 2.41. The van der Waals surface area contributed by atoms with Crippen molar-refractivity contribution in [2.75, 3.05) is 5.32 Å². The van der Waals surface area contributed by atoms with Crippen molar-refractivity contribution in [3.63, 3.8) is 0 Å². The molecular formula is C20H19ClN2O. The molecule has 3 rings (SSSR count). The maximum Gasteiger partial charge on any atom is 0.223 e. The first-order chi connectivity index (χ1) is 11.6. The Balaban J connectivity index is 1.94. The van der Waals surface area contributed by atoms with Crippen LogP contribution in [0, 0.1) is 0 Å². The molecule has 0 aromatic heterocycles. The Morgan fingerprint density at radius 3 is 2.54 bits per heavy atom. The van der Waals surface area contributed by atoms with E-state index in [9.17, 15) is 4.79 Å². The van der Waals surface area contributed by atoms with E-state index >= 15 is 0 Å². The van der Waals surface area contributed by atoms with Crippen LogP contribution < -0.4 is 11.1 Å². The van der Waals surface area contributed by atoms with Crippen molar-refractivity contribution in [3.8, 4) is 0 Å². The third-order valence-corrected chi connectivity index (χ3v) is 4.50. The molecule has 2 aromatic rings. The summed E-state index contributed by atoms with van der Waals surface area (Å²) in [6.07, 6.45) is 1.79.